The summed E-state index contributed by atoms with van der Waals surface area (Å²) in [6.45, 7) is 0.452. The highest BCUT2D eigenvalue weighted by Gasteiger charge is 2.33. The quantitative estimate of drug-likeness (QED) is 0.788. The first-order valence-electron chi connectivity index (χ1n) is 7.81. The molecule has 0 amide bonds. The van der Waals surface area contributed by atoms with Gasteiger partial charge in [0.2, 0.25) is 15.9 Å². The van der Waals surface area contributed by atoms with Crippen molar-refractivity contribution >= 4 is 10.0 Å². The molecule has 26 heavy (non-hydrogen) atoms. The summed E-state index contributed by atoms with van der Waals surface area (Å²) in [5.74, 6) is -0.0392. The maximum atomic E-state index is 12.6. The van der Waals surface area contributed by atoms with Gasteiger partial charge < -0.3 is 4.74 Å². The molecule has 0 aliphatic carbocycles. The average molecular weight is 387 g/mol. The molecule has 1 aliphatic rings. The summed E-state index contributed by atoms with van der Waals surface area (Å²) in [5, 5.41) is 0. The summed E-state index contributed by atoms with van der Waals surface area (Å²) < 4.78 is 69.6. The minimum absolute atomic E-state index is 0.166. The third-order valence-corrected chi connectivity index (χ3v) is 5.77. The second kappa shape index (κ2) is 7.20. The fourth-order valence-electron chi connectivity index (χ4n) is 2.66. The third-order valence-electron chi connectivity index (χ3n) is 3.96. The van der Waals surface area contributed by atoms with E-state index in [2.05, 4.69) is 9.97 Å². The molecule has 1 aromatic heterocycles. The first kappa shape index (κ1) is 18.6. The van der Waals surface area contributed by atoms with E-state index in [9.17, 15) is 21.6 Å². The molecular weight excluding hydrogens is 371 g/mol. The maximum absolute atomic E-state index is 12.6. The minimum Gasteiger partial charge on any atom is -0.472 e. The second-order valence-corrected chi connectivity index (χ2v) is 7.85. The summed E-state index contributed by atoms with van der Waals surface area (Å²) in [6.07, 6.45) is 0.139. The van der Waals surface area contributed by atoms with Gasteiger partial charge in [-0.1, -0.05) is 12.1 Å². The van der Waals surface area contributed by atoms with Crippen LogP contribution in [0.1, 0.15) is 17.5 Å². The van der Waals surface area contributed by atoms with Gasteiger partial charge in [-0.15, -0.1) is 0 Å². The predicted molar refractivity (Wildman–Crippen MR) is 86.7 cm³/mol. The van der Waals surface area contributed by atoms with Crippen LogP contribution in [0.3, 0.4) is 0 Å². The molecule has 10 heteroatoms. The lowest BCUT2D eigenvalue weighted by atomic mass is 10.1. The van der Waals surface area contributed by atoms with Gasteiger partial charge in [0, 0.05) is 18.9 Å². The molecule has 6 nitrogen and oxygen atoms in total. The van der Waals surface area contributed by atoms with Gasteiger partial charge in [0.1, 0.15) is 6.10 Å². The highest BCUT2D eigenvalue weighted by molar-refractivity contribution is 7.88. The molecular formula is C16H16F3N3O3S. The molecule has 1 atom stereocenters. The number of halogens is 3. The lowest BCUT2D eigenvalue weighted by molar-refractivity contribution is -0.137. The highest BCUT2D eigenvalue weighted by atomic mass is 32.2. The van der Waals surface area contributed by atoms with E-state index in [0.29, 0.717) is 17.9 Å². The summed E-state index contributed by atoms with van der Waals surface area (Å²) in [7, 11) is -3.65. The van der Waals surface area contributed by atoms with Crippen LogP contribution in [0, 0.1) is 0 Å². The summed E-state index contributed by atoms with van der Waals surface area (Å²) in [5.41, 5.74) is -0.506. The van der Waals surface area contributed by atoms with Crippen LogP contribution in [-0.4, -0.2) is 41.9 Å². The van der Waals surface area contributed by atoms with Crippen molar-refractivity contribution in [3.05, 3.63) is 54.0 Å². The molecule has 3 rings (SSSR count). The zero-order valence-electron chi connectivity index (χ0n) is 13.6. The van der Waals surface area contributed by atoms with Crippen LogP contribution in [-0.2, 0) is 22.0 Å². The predicted octanol–water partition coefficient (Wildman–Crippen LogP) is 2.48. The highest BCUT2D eigenvalue weighted by Crippen LogP contribution is 2.29. The van der Waals surface area contributed by atoms with Crippen LogP contribution in [0.4, 0.5) is 13.2 Å². The Morgan fingerprint density at radius 1 is 1.19 bits per heavy atom. The van der Waals surface area contributed by atoms with Gasteiger partial charge in [-0.2, -0.15) is 17.5 Å². The number of rotatable bonds is 5. The fourth-order valence-corrected chi connectivity index (χ4v) is 4.23. The fraction of sp³-hybridized carbons (Fsp3) is 0.375. The van der Waals surface area contributed by atoms with Crippen LogP contribution in [0.2, 0.25) is 0 Å². The Morgan fingerprint density at radius 2 is 1.92 bits per heavy atom. The molecule has 140 valence electrons. The van der Waals surface area contributed by atoms with Crippen molar-refractivity contribution in [2.45, 2.75) is 24.5 Å². The Morgan fingerprint density at radius 3 is 2.54 bits per heavy atom. The van der Waals surface area contributed by atoms with Crippen molar-refractivity contribution in [1.29, 1.82) is 0 Å². The summed E-state index contributed by atoms with van der Waals surface area (Å²) >= 11 is 0. The molecule has 1 unspecified atom stereocenters. The third kappa shape index (κ3) is 4.50. The van der Waals surface area contributed by atoms with Crippen molar-refractivity contribution in [2.24, 2.45) is 0 Å². The number of aromatic nitrogens is 2. The number of hydrogen-bond acceptors (Lipinski definition) is 5. The molecule has 0 saturated carbocycles. The standard InChI is InChI=1S/C16H16F3N3O3S/c17-16(18,19)13-3-1-12(2-4-13)11-26(23,24)22-8-5-14(10-22)25-15-9-20-6-7-21-15/h1-4,6-7,9,14H,5,8,10-11H2. The van der Waals surface area contributed by atoms with Crippen LogP contribution < -0.4 is 4.74 Å². The first-order chi connectivity index (χ1) is 12.2. The Balaban J connectivity index is 1.62. The van der Waals surface area contributed by atoms with Crippen LogP contribution in [0.25, 0.3) is 0 Å². The van der Waals surface area contributed by atoms with E-state index in [1.807, 2.05) is 0 Å². The molecule has 2 heterocycles. The van der Waals surface area contributed by atoms with Crippen molar-refractivity contribution in [1.82, 2.24) is 14.3 Å². The van der Waals surface area contributed by atoms with Gasteiger partial charge in [0.05, 0.1) is 24.1 Å². The molecule has 2 aromatic rings. The van der Waals surface area contributed by atoms with E-state index in [0.717, 1.165) is 12.1 Å². The SMILES string of the molecule is O=S(=O)(Cc1ccc(C(F)(F)F)cc1)N1CCC(Oc2cnccn2)C1. The molecule has 0 N–H and O–H groups in total. The lowest BCUT2D eigenvalue weighted by Crippen LogP contribution is -2.32. The van der Waals surface area contributed by atoms with Gasteiger partial charge >= 0.3 is 6.18 Å². The van der Waals surface area contributed by atoms with Gasteiger partial charge in [-0.05, 0) is 24.1 Å². The summed E-state index contributed by atoms with van der Waals surface area (Å²) in [6, 6.07) is 4.14. The first-order valence-corrected chi connectivity index (χ1v) is 9.41. The molecule has 1 aliphatic heterocycles. The van der Waals surface area contributed by atoms with E-state index < -0.39 is 21.8 Å². The molecule has 1 fully saturated rings. The van der Waals surface area contributed by atoms with Crippen molar-refractivity contribution in [3.8, 4) is 5.88 Å². The second-order valence-electron chi connectivity index (χ2n) is 5.88. The average Bonchev–Trinajstić information content (AvgIpc) is 3.04. The minimum atomic E-state index is -4.45. The van der Waals surface area contributed by atoms with Crippen LogP contribution >= 0.6 is 0 Å². The number of hydrogen-bond donors (Lipinski definition) is 0. The Labute approximate surface area is 148 Å². The molecule has 1 aromatic carbocycles. The normalized spacial score (nSPS) is 18.8. The zero-order chi connectivity index (χ0) is 18.8. The number of nitrogens with zero attached hydrogens (tertiary/aromatic N) is 3. The van der Waals surface area contributed by atoms with E-state index in [-0.39, 0.29) is 24.9 Å². The number of ether oxygens (including phenoxy) is 1. The van der Waals surface area contributed by atoms with Crippen LogP contribution in [0.5, 0.6) is 5.88 Å². The Hall–Kier alpha value is -2.20. The van der Waals surface area contributed by atoms with Crippen molar-refractivity contribution < 1.29 is 26.3 Å². The van der Waals surface area contributed by atoms with E-state index in [1.165, 1.54) is 35.0 Å². The molecule has 1 saturated heterocycles. The van der Waals surface area contributed by atoms with E-state index in [1.54, 1.807) is 0 Å². The Bertz CT molecular complexity index is 843. The van der Waals surface area contributed by atoms with Crippen molar-refractivity contribution in [2.75, 3.05) is 13.1 Å². The molecule has 0 bridgehead atoms. The topological polar surface area (TPSA) is 72.4 Å². The number of sulfonamides is 1. The molecule has 0 radical (unpaired) electrons. The van der Waals surface area contributed by atoms with Gasteiger partial charge in [-0.3, -0.25) is 4.98 Å². The van der Waals surface area contributed by atoms with Gasteiger partial charge in [0.15, 0.2) is 0 Å². The smallest absolute Gasteiger partial charge is 0.416 e. The van der Waals surface area contributed by atoms with E-state index in [4.69, 9.17) is 4.74 Å². The molecule has 0 spiro atoms. The monoisotopic (exact) mass is 387 g/mol. The zero-order valence-corrected chi connectivity index (χ0v) is 14.4. The van der Waals surface area contributed by atoms with E-state index >= 15 is 0 Å². The maximum Gasteiger partial charge on any atom is 0.416 e. The summed E-state index contributed by atoms with van der Waals surface area (Å²) in [4.78, 5) is 7.86. The number of alkyl halides is 3. The Kier molecular flexibility index (Phi) is 5.15. The number of benzene rings is 1. The largest absolute Gasteiger partial charge is 0.472 e. The van der Waals surface area contributed by atoms with Gasteiger partial charge in [0.25, 0.3) is 0 Å². The van der Waals surface area contributed by atoms with Crippen LogP contribution in [0.15, 0.2) is 42.9 Å². The lowest BCUT2D eigenvalue weighted by Gasteiger charge is -2.17. The van der Waals surface area contributed by atoms with Gasteiger partial charge in [-0.25, -0.2) is 13.4 Å². The van der Waals surface area contributed by atoms with Crippen molar-refractivity contribution in [3.63, 3.8) is 0 Å².